The van der Waals surface area contributed by atoms with Gasteiger partial charge < -0.3 is 0 Å². The van der Waals surface area contributed by atoms with Crippen molar-refractivity contribution in [3.8, 4) is 0 Å². The largest absolute Gasteiger partial charge is 0.298 e. The number of amides is 1. The molecule has 1 N–H and O–H groups in total. The van der Waals surface area contributed by atoms with Gasteiger partial charge in [0.1, 0.15) is 0 Å². The monoisotopic (exact) mass is 445 g/mol. The number of aromatic nitrogens is 1. The predicted molar refractivity (Wildman–Crippen MR) is 123 cm³/mol. The maximum atomic E-state index is 12.8. The third-order valence-corrected chi connectivity index (χ3v) is 8.01. The van der Waals surface area contributed by atoms with Crippen molar-refractivity contribution in [1.29, 1.82) is 0 Å². The number of unbranched alkanes of at least 4 members (excludes halogenated alkanes) is 1. The minimum atomic E-state index is -3.56. The van der Waals surface area contributed by atoms with Crippen molar-refractivity contribution in [2.24, 2.45) is 0 Å². The first-order chi connectivity index (χ1) is 14.3. The Bertz CT molecular complexity index is 1110. The molecule has 1 amide bonds. The lowest BCUT2D eigenvalue weighted by Gasteiger charge is -2.20. The second-order valence-electron chi connectivity index (χ2n) is 7.25. The summed E-state index contributed by atoms with van der Waals surface area (Å²) >= 11 is 1.42. The number of fused-ring (bicyclic) bond motifs is 1. The molecule has 0 saturated carbocycles. The highest BCUT2D eigenvalue weighted by Gasteiger charge is 2.22. The lowest BCUT2D eigenvalue weighted by molar-refractivity contribution is 0.102. The summed E-state index contributed by atoms with van der Waals surface area (Å²) < 4.78 is 28.1. The summed E-state index contributed by atoms with van der Waals surface area (Å²) in [4.78, 5) is 17.3. The third kappa shape index (κ3) is 4.71. The molecular formula is C22H27N3O3S2. The zero-order valence-electron chi connectivity index (χ0n) is 17.7. The standard InChI is InChI=1S/C22H27N3O3S2/c1-5-7-12-25(6-2)30(27,28)18-10-8-17(9-11-18)21(26)24-22-23-19-13-15(3)16(4)14-20(19)29-22/h8-11,13-14H,5-7,12H2,1-4H3,(H,23,24,26). The molecule has 0 unspecified atom stereocenters. The van der Waals surface area contributed by atoms with Crippen LogP contribution >= 0.6 is 11.3 Å². The van der Waals surface area contributed by atoms with E-state index in [1.807, 2.05) is 33.8 Å². The Kier molecular flexibility index (Phi) is 6.90. The fourth-order valence-electron chi connectivity index (χ4n) is 3.11. The van der Waals surface area contributed by atoms with Crippen LogP contribution in [0.15, 0.2) is 41.3 Å². The first-order valence-electron chi connectivity index (χ1n) is 10.1. The number of benzene rings is 2. The van der Waals surface area contributed by atoms with E-state index in [-0.39, 0.29) is 10.8 Å². The molecule has 0 aliphatic carbocycles. The number of hydrogen-bond donors (Lipinski definition) is 1. The van der Waals surface area contributed by atoms with Gasteiger partial charge in [-0.2, -0.15) is 4.31 Å². The molecule has 0 radical (unpaired) electrons. The topological polar surface area (TPSA) is 79.4 Å². The number of nitrogens with zero attached hydrogens (tertiary/aromatic N) is 2. The molecule has 0 saturated heterocycles. The van der Waals surface area contributed by atoms with Gasteiger partial charge in [0.05, 0.1) is 15.1 Å². The molecular weight excluding hydrogens is 418 g/mol. The molecule has 3 rings (SSSR count). The Labute approximate surface area is 182 Å². The Balaban J connectivity index is 1.76. The first-order valence-corrected chi connectivity index (χ1v) is 12.3. The summed E-state index contributed by atoms with van der Waals surface area (Å²) in [6, 6.07) is 10.1. The van der Waals surface area contributed by atoms with Gasteiger partial charge in [-0.25, -0.2) is 13.4 Å². The minimum Gasteiger partial charge on any atom is -0.298 e. The van der Waals surface area contributed by atoms with Crippen molar-refractivity contribution >= 4 is 42.6 Å². The van der Waals surface area contributed by atoms with Crippen LogP contribution in [0.5, 0.6) is 0 Å². The number of nitrogens with one attached hydrogen (secondary N) is 1. The predicted octanol–water partition coefficient (Wildman–Crippen LogP) is 4.98. The van der Waals surface area contributed by atoms with Crippen LogP contribution in [0.3, 0.4) is 0 Å². The minimum absolute atomic E-state index is 0.197. The van der Waals surface area contributed by atoms with Gasteiger partial charge in [0, 0.05) is 18.7 Å². The molecule has 0 spiro atoms. The molecule has 2 aromatic carbocycles. The lowest BCUT2D eigenvalue weighted by atomic mass is 10.1. The Morgan fingerprint density at radius 2 is 1.77 bits per heavy atom. The van der Waals surface area contributed by atoms with Crippen LogP contribution in [0.4, 0.5) is 5.13 Å². The van der Waals surface area contributed by atoms with E-state index >= 15 is 0 Å². The van der Waals surface area contributed by atoms with E-state index in [1.54, 1.807) is 0 Å². The second-order valence-corrected chi connectivity index (χ2v) is 10.2. The molecule has 0 fully saturated rings. The average molecular weight is 446 g/mol. The van der Waals surface area contributed by atoms with Crippen molar-refractivity contribution in [3.05, 3.63) is 53.1 Å². The van der Waals surface area contributed by atoms with Crippen molar-refractivity contribution in [2.45, 2.75) is 45.4 Å². The molecule has 1 aromatic heterocycles. The summed E-state index contributed by atoms with van der Waals surface area (Å²) in [5.41, 5.74) is 3.58. The van der Waals surface area contributed by atoms with E-state index in [0.29, 0.717) is 23.8 Å². The number of hydrogen-bond acceptors (Lipinski definition) is 5. The first kappa shape index (κ1) is 22.4. The molecule has 0 bridgehead atoms. The van der Waals surface area contributed by atoms with E-state index < -0.39 is 10.0 Å². The highest BCUT2D eigenvalue weighted by atomic mass is 32.2. The molecule has 8 heteroatoms. The Hall–Kier alpha value is -2.29. The van der Waals surface area contributed by atoms with Crippen LogP contribution in [0.2, 0.25) is 0 Å². The maximum Gasteiger partial charge on any atom is 0.257 e. The second kappa shape index (κ2) is 9.24. The lowest BCUT2D eigenvalue weighted by Crippen LogP contribution is -2.31. The number of thiazole rings is 1. The summed E-state index contributed by atoms with van der Waals surface area (Å²) in [7, 11) is -3.56. The van der Waals surface area contributed by atoms with Gasteiger partial charge in [-0.3, -0.25) is 10.1 Å². The van der Waals surface area contributed by atoms with Crippen LogP contribution < -0.4 is 5.32 Å². The summed E-state index contributed by atoms with van der Waals surface area (Å²) in [6.07, 6.45) is 1.74. The van der Waals surface area contributed by atoms with Gasteiger partial charge >= 0.3 is 0 Å². The Morgan fingerprint density at radius 1 is 1.10 bits per heavy atom. The third-order valence-electron chi connectivity index (χ3n) is 5.09. The van der Waals surface area contributed by atoms with E-state index in [2.05, 4.69) is 16.4 Å². The van der Waals surface area contributed by atoms with E-state index in [1.165, 1.54) is 45.5 Å². The Morgan fingerprint density at radius 3 is 2.40 bits per heavy atom. The fourth-order valence-corrected chi connectivity index (χ4v) is 5.54. The van der Waals surface area contributed by atoms with Crippen LogP contribution in [0.25, 0.3) is 10.2 Å². The van der Waals surface area contributed by atoms with Crippen LogP contribution in [-0.2, 0) is 10.0 Å². The van der Waals surface area contributed by atoms with Gasteiger partial charge in [-0.05, 0) is 67.8 Å². The summed E-state index contributed by atoms with van der Waals surface area (Å²) in [5.74, 6) is -0.315. The van der Waals surface area contributed by atoms with Gasteiger partial charge in [0.2, 0.25) is 10.0 Å². The summed E-state index contributed by atoms with van der Waals surface area (Å²) in [6.45, 7) is 8.85. The van der Waals surface area contributed by atoms with E-state index in [0.717, 1.165) is 28.6 Å². The highest BCUT2D eigenvalue weighted by Crippen LogP contribution is 2.28. The van der Waals surface area contributed by atoms with Crippen LogP contribution in [0, 0.1) is 13.8 Å². The molecule has 160 valence electrons. The molecule has 0 atom stereocenters. The molecule has 6 nitrogen and oxygen atoms in total. The number of carbonyl (C=O) groups is 1. The van der Waals surface area contributed by atoms with Crippen molar-refractivity contribution < 1.29 is 13.2 Å². The van der Waals surface area contributed by atoms with Crippen molar-refractivity contribution in [1.82, 2.24) is 9.29 Å². The number of aryl methyl sites for hydroxylation is 2. The van der Waals surface area contributed by atoms with Crippen molar-refractivity contribution in [3.63, 3.8) is 0 Å². The van der Waals surface area contributed by atoms with Gasteiger partial charge in [-0.15, -0.1) is 0 Å². The number of rotatable bonds is 8. The SMILES string of the molecule is CCCCN(CC)S(=O)(=O)c1ccc(C(=O)Nc2nc3cc(C)c(C)cc3s2)cc1. The molecule has 30 heavy (non-hydrogen) atoms. The highest BCUT2D eigenvalue weighted by molar-refractivity contribution is 7.89. The normalized spacial score (nSPS) is 11.9. The van der Waals surface area contributed by atoms with Gasteiger partial charge in [0.15, 0.2) is 5.13 Å². The zero-order valence-corrected chi connectivity index (χ0v) is 19.4. The molecule has 0 aliphatic heterocycles. The summed E-state index contributed by atoms with van der Waals surface area (Å²) in [5, 5.41) is 3.34. The number of carbonyl (C=O) groups excluding carboxylic acids is 1. The van der Waals surface area contributed by atoms with E-state index in [9.17, 15) is 13.2 Å². The molecule has 0 aliphatic rings. The maximum absolute atomic E-state index is 12.8. The van der Waals surface area contributed by atoms with Crippen LogP contribution in [-0.4, -0.2) is 36.7 Å². The smallest absolute Gasteiger partial charge is 0.257 e. The number of sulfonamides is 1. The molecule has 1 heterocycles. The van der Waals surface area contributed by atoms with Crippen LogP contribution in [0.1, 0.15) is 48.2 Å². The van der Waals surface area contributed by atoms with Gasteiger partial charge in [0.25, 0.3) is 5.91 Å². The fraction of sp³-hybridized carbons (Fsp3) is 0.364. The van der Waals surface area contributed by atoms with E-state index in [4.69, 9.17) is 0 Å². The molecule has 3 aromatic rings. The van der Waals surface area contributed by atoms with Crippen molar-refractivity contribution in [2.75, 3.05) is 18.4 Å². The zero-order chi connectivity index (χ0) is 21.9. The van der Waals surface area contributed by atoms with Gasteiger partial charge in [-0.1, -0.05) is 31.6 Å². The quantitative estimate of drug-likeness (QED) is 0.530. The average Bonchev–Trinajstić information content (AvgIpc) is 3.09. The number of anilines is 1.